The van der Waals surface area contributed by atoms with Gasteiger partial charge in [-0.2, -0.15) is 13.2 Å². The van der Waals surface area contributed by atoms with Gasteiger partial charge < -0.3 is 15.2 Å². The molecule has 4 nitrogen and oxygen atoms in total. The van der Waals surface area contributed by atoms with E-state index in [-0.39, 0.29) is 24.8 Å². The summed E-state index contributed by atoms with van der Waals surface area (Å²) in [7, 11) is 0. The van der Waals surface area contributed by atoms with Gasteiger partial charge >= 0.3 is 6.18 Å². The van der Waals surface area contributed by atoms with Crippen LogP contribution in [0.5, 0.6) is 5.75 Å². The molecule has 1 aromatic carbocycles. The van der Waals surface area contributed by atoms with Crippen LogP contribution in [-0.4, -0.2) is 30.3 Å². The number of rotatable bonds is 7. The number of aryl methyl sites for hydroxylation is 2. The molecule has 0 fully saturated rings. The number of aliphatic hydroxyl groups excluding tert-OH is 1. The van der Waals surface area contributed by atoms with Crippen LogP contribution in [0.15, 0.2) is 30.3 Å². The van der Waals surface area contributed by atoms with Crippen molar-refractivity contribution in [1.29, 1.82) is 0 Å². The highest BCUT2D eigenvalue weighted by Gasteiger charge is 2.30. The second-order valence-corrected chi connectivity index (χ2v) is 6.91. The molecular weight excluding hydrogens is 367 g/mol. The smallest absolute Gasteiger partial charge is 0.416 e. The van der Waals surface area contributed by atoms with Crippen LogP contribution in [0, 0.1) is 6.92 Å². The molecule has 142 valence electrons. The molecule has 1 aromatic heterocycles. The number of benzene rings is 1. The maximum absolute atomic E-state index is 12.6. The summed E-state index contributed by atoms with van der Waals surface area (Å²) in [4.78, 5) is 13.8. The SMILES string of the molecule is CCc1sc(C(=O)NC[C@@H](O)COc2cccc(C(F)(F)F)c2)cc1C. The summed E-state index contributed by atoms with van der Waals surface area (Å²) in [5.74, 6) is -0.289. The van der Waals surface area contributed by atoms with Crippen LogP contribution >= 0.6 is 11.3 Å². The van der Waals surface area contributed by atoms with Crippen LogP contribution < -0.4 is 10.1 Å². The van der Waals surface area contributed by atoms with Crippen LogP contribution in [0.2, 0.25) is 0 Å². The van der Waals surface area contributed by atoms with Gasteiger partial charge in [-0.15, -0.1) is 11.3 Å². The van der Waals surface area contributed by atoms with Gasteiger partial charge in [-0.05, 0) is 43.2 Å². The highest BCUT2D eigenvalue weighted by molar-refractivity contribution is 7.14. The Bertz CT molecular complexity index is 758. The molecule has 0 aliphatic heterocycles. The summed E-state index contributed by atoms with van der Waals surface area (Å²) in [6.07, 6.45) is -4.65. The quantitative estimate of drug-likeness (QED) is 0.760. The number of hydrogen-bond acceptors (Lipinski definition) is 4. The number of hydrogen-bond donors (Lipinski definition) is 2. The van der Waals surface area contributed by atoms with E-state index in [2.05, 4.69) is 5.32 Å². The third-order valence-corrected chi connectivity index (χ3v) is 5.05. The average Bonchev–Trinajstić information content (AvgIpc) is 2.98. The van der Waals surface area contributed by atoms with Crippen molar-refractivity contribution in [3.8, 4) is 5.75 Å². The predicted molar refractivity (Wildman–Crippen MR) is 93.7 cm³/mol. The van der Waals surface area contributed by atoms with Gasteiger partial charge in [0.25, 0.3) is 5.91 Å². The Labute approximate surface area is 153 Å². The van der Waals surface area contributed by atoms with Crippen molar-refractivity contribution in [2.45, 2.75) is 32.5 Å². The lowest BCUT2D eigenvalue weighted by atomic mass is 10.2. The van der Waals surface area contributed by atoms with Crippen molar-refractivity contribution in [3.05, 3.63) is 51.2 Å². The van der Waals surface area contributed by atoms with E-state index in [0.717, 1.165) is 29.0 Å². The summed E-state index contributed by atoms with van der Waals surface area (Å²) in [6.45, 7) is 3.65. The van der Waals surface area contributed by atoms with Crippen molar-refractivity contribution < 1.29 is 27.8 Å². The number of carbonyl (C=O) groups excluding carboxylic acids is 1. The summed E-state index contributed by atoms with van der Waals surface area (Å²) >= 11 is 1.40. The minimum Gasteiger partial charge on any atom is -0.491 e. The first-order chi connectivity index (χ1) is 12.2. The molecule has 1 atom stereocenters. The number of nitrogens with one attached hydrogen (secondary N) is 1. The lowest BCUT2D eigenvalue weighted by Crippen LogP contribution is -2.35. The van der Waals surface area contributed by atoms with Gasteiger partial charge in [0.15, 0.2) is 0 Å². The van der Waals surface area contributed by atoms with Gasteiger partial charge in [-0.3, -0.25) is 4.79 Å². The van der Waals surface area contributed by atoms with E-state index in [1.54, 1.807) is 6.07 Å². The van der Waals surface area contributed by atoms with Crippen molar-refractivity contribution in [2.75, 3.05) is 13.2 Å². The third kappa shape index (κ3) is 5.47. The molecule has 2 rings (SSSR count). The molecule has 0 bridgehead atoms. The number of alkyl halides is 3. The lowest BCUT2D eigenvalue weighted by Gasteiger charge is -2.14. The largest absolute Gasteiger partial charge is 0.491 e. The van der Waals surface area contributed by atoms with Gasteiger partial charge in [0, 0.05) is 11.4 Å². The summed E-state index contributed by atoms with van der Waals surface area (Å²) in [5.41, 5.74) is 0.230. The molecule has 0 aliphatic carbocycles. The van der Waals surface area contributed by atoms with Crippen LogP contribution in [-0.2, 0) is 12.6 Å². The minimum atomic E-state index is -4.46. The zero-order chi connectivity index (χ0) is 19.3. The Hall–Kier alpha value is -2.06. The molecule has 1 heterocycles. The number of ether oxygens (including phenoxy) is 1. The fraction of sp³-hybridized carbons (Fsp3) is 0.389. The Kier molecular flexibility index (Phi) is 6.66. The second kappa shape index (κ2) is 8.55. The number of aliphatic hydroxyl groups is 1. The number of halogens is 3. The molecule has 26 heavy (non-hydrogen) atoms. The lowest BCUT2D eigenvalue weighted by molar-refractivity contribution is -0.137. The first kappa shape index (κ1) is 20.3. The highest BCUT2D eigenvalue weighted by atomic mass is 32.1. The van der Waals surface area contributed by atoms with E-state index >= 15 is 0 Å². The molecule has 8 heteroatoms. The second-order valence-electron chi connectivity index (χ2n) is 5.77. The van der Waals surface area contributed by atoms with Crippen LogP contribution in [0.1, 0.15) is 32.6 Å². The Balaban J connectivity index is 1.83. The molecule has 2 N–H and O–H groups in total. The van der Waals surface area contributed by atoms with E-state index in [4.69, 9.17) is 4.74 Å². The van der Waals surface area contributed by atoms with Crippen LogP contribution in [0.25, 0.3) is 0 Å². The monoisotopic (exact) mass is 387 g/mol. The van der Waals surface area contributed by atoms with Gasteiger partial charge in [-0.1, -0.05) is 13.0 Å². The van der Waals surface area contributed by atoms with Gasteiger partial charge in [-0.25, -0.2) is 0 Å². The van der Waals surface area contributed by atoms with E-state index in [1.165, 1.54) is 23.5 Å². The Morgan fingerprint density at radius 1 is 1.35 bits per heavy atom. The number of amides is 1. The van der Waals surface area contributed by atoms with Crippen LogP contribution in [0.3, 0.4) is 0 Å². The predicted octanol–water partition coefficient (Wildman–Crippen LogP) is 3.81. The molecule has 0 unspecified atom stereocenters. The summed E-state index contributed by atoms with van der Waals surface area (Å²) in [5, 5.41) is 12.5. The minimum absolute atomic E-state index is 0.00618. The zero-order valence-corrected chi connectivity index (χ0v) is 15.2. The van der Waals surface area contributed by atoms with E-state index < -0.39 is 17.8 Å². The third-order valence-electron chi connectivity index (χ3n) is 3.67. The maximum atomic E-state index is 12.6. The Morgan fingerprint density at radius 2 is 2.08 bits per heavy atom. The Morgan fingerprint density at radius 3 is 2.69 bits per heavy atom. The molecule has 0 saturated heterocycles. The molecular formula is C18H20F3NO3S. The molecule has 0 aliphatic rings. The van der Waals surface area contributed by atoms with Gasteiger partial charge in [0.2, 0.25) is 0 Å². The highest BCUT2D eigenvalue weighted by Crippen LogP contribution is 2.31. The summed E-state index contributed by atoms with van der Waals surface area (Å²) in [6, 6.07) is 6.21. The van der Waals surface area contributed by atoms with E-state index in [1.807, 2.05) is 13.8 Å². The zero-order valence-electron chi connectivity index (χ0n) is 14.4. The molecule has 0 spiro atoms. The summed E-state index contributed by atoms with van der Waals surface area (Å²) < 4.78 is 43.1. The first-order valence-corrected chi connectivity index (χ1v) is 8.88. The molecule has 0 saturated carbocycles. The van der Waals surface area contributed by atoms with Crippen molar-refractivity contribution in [2.24, 2.45) is 0 Å². The fourth-order valence-electron chi connectivity index (χ4n) is 2.29. The molecule has 1 amide bonds. The van der Waals surface area contributed by atoms with Crippen molar-refractivity contribution >= 4 is 17.2 Å². The molecule has 2 aromatic rings. The fourth-order valence-corrected chi connectivity index (χ4v) is 3.32. The topological polar surface area (TPSA) is 58.6 Å². The number of thiophene rings is 1. The van der Waals surface area contributed by atoms with Crippen molar-refractivity contribution in [1.82, 2.24) is 5.32 Å². The standard InChI is InChI=1S/C18H20F3NO3S/c1-3-15-11(2)7-16(26-15)17(24)22-9-13(23)10-25-14-6-4-5-12(8-14)18(19,20)21/h4-8,13,23H,3,9-10H2,1-2H3,(H,22,24)/t13-/m1/s1. The van der Waals surface area contributed by atoms with E-state index in [0.29, 0.717) is 4.88 Å². The van der Waals surface area contributed by atoms with Crippen LogP contribution in [0.4, 0.5) is 13.2 Å². The first-order valence-electron chi connectivity index (χ1n) is 8.06. The van der Waals surface area contributed by atoms with E-state index in [9.17, 15) is 23.1 Å². The number of carbonyl (C=O) groups is 1. The maximum Gasteiger partial charge on any atom is 0.416 e. The van der Waals surface area contributed by atoms with Gasteiger partial charge in [0.05, 0.1) is 10.4 Å². The average molecular weight is 387 g/mol. The van der Waals surface area contributed by atoms with Crippen molar-refractivity contribution in [3.63, 3.8) is 0 Å². The van der Waals surface area contributed by atoms with Gasteiger partial charge in [0.1, 0.15) is 18.5 Å². The molecule has 0 radical (unpaired) electrons. The normalized spacial score (nSPS) is 12.7.